The number of aromatic nitrogens is 2. The first-order valence-corrected chi connectivity index (χ1v) is 7.39. The molecule has 0 spiro atoms. The number of alkyl halides is 3. The molecule has 1 atom stereocenters. The molecule has 1 unspecified atom stereocenters. The molecule has 2 rings (SSSR count). The quantitative estimate of drug-likeness (QED) is 0.698. The number of hydrogen-bond donors (Lipinski definition) is 3. The smallest absolute Gasteiger partial charge is 0.425 e. The fourth-order valence-electron chi connectivity index (χ4n) is 2.40. The zero-order valence-corrected chi connectivity index (χ0v) is 14.1. The van der Waals surface area contributed by atoms with Gasteiger partial charge in [0.05, 0.1) is 12.0 Å². The van der Waals surface area contributed by atoms with Crippen molar-refractivity contribution in [1.29, 1.82) is 0 Å². The highest BCUT2D eigenvalue weighted by Gasteiger charge is 2.58. The van der Waals surface area contributed by atoms with E-state index in [2.05, 4.69) is 4.98 Å². The van der Waals surface area contributed by atoms with Gasteiger partial charge in [-0.1, -0.05) is 0 Å². The van der Waals surface area contributed by atoms with E-state index < -0.39 is 35.8 Å². The van der Waals surface area contributed by atoms with Crippen molar-refractivity contribution in [3.8, 4) is 0 Å². The molecule has 0 bridgehead atoms. The van der Waals surface area contributed by atoms with Crippen LogP contribution in [0.4, 0.5) is 13.2 Å². The molecule has 142 valence electrons. The monoisotopic (exact) mass is 374 g/mol. The second kappa shape index (κ2) is 6.83. The molecule has 0 aliphatic rings. The Labute approximate surface area is 146 Å². The molecule has 2 heterocycles. The molecular formula is C15H17F3N4O4. The van der Waals surface area contributed by atoms with Crippen molar-refractivity contribution in [1.82, 2.24) is 20.4 Å². The second-order valence-electron chi connectivity index (χ2n) is 5.73. The lowest BCUT2D eigenvalue weighted by molar-refractivity contribution is -0.271. The van der Waals surface area contributed by atoms with Crippen molar-refractivity contribution < 1.29 is 32.3 Å². The molecule has 11 heteroatoms. The normalized spacial score (nSPS) is 14.0. The predicted molar refractivity (Wildman–Crippen MR) is 81.6 cm³/mol. The number of hydrogen-bond acceptors (Lipinski definition) is 5. The highest BCUT2D eigenvalue weighted by atomic mass is 19.4. The van der Waals surface area contributed by atoms with Crippen LogP contribution >= 0.6 is 0 Å². The lowest BCUT2D eigenvalue weighted by atomic mass is 9.97. The Balaban J connectivity index is 2.10. The first-order valence-electron chi connectivity index (χ1n) is 7.39. The third-order valence-corrected chi connectivity index (χ3v) is 3.68. The van der Waals surface area contributed by atoms with Crippen LogP contribution < -0.4 is 10.9 Å². The first kappa shape index (κ1) is 19.5. The molecule has 0 aliphatic carbocycles. The Morgan fingerprint density at radius 3 is 2.42 bits per heavy atom. The van der Waals surface area contributed by atoms with Crippen molar-refractivity contribution in [3.05, 3.63) is 41.4 Å². The Morgan fingerprint density at radius 2 is 1.96 bits per heavy atom. The molecule has 3 N–H and O–H groups in total. The van der Waals surface area contributed by atoms with E-state index in [9.17, 15) is 27.9 Å². The SMILES string of the molecule is Cc1cc(C(=O)NNC(=O)CC(O)(c2nccn2C)C(F)(F)F)c(C)o1. The molecule has 0 saturated carbocycles. The van der Waals surface area contributed by atoms with Gasteiger partial charge in [-0.3, -0.25) is 20.4 Å². The second-order valence-corrected chi connectivity index (χ2v) is 5.73. The van der Waals surface area contributed by atoms with E-state index in [-0.39, 0.29) is 11.3 Å². The van der Waals surface area contributed by atoms with Crippen LogP contribution in [0, 0.1) is 13.8 Å². The minimum Gasteiger partial charge on any atom is -0.466 e. The zero-order valence-electron chi connectivity index (χ0n) is 14.1. The van der Waals surface area contributed by atoms with Crippen LogP contribution in [0.2, 0.25) is 0 Å². The maximum Gasteiger partial charge on any atom is 0.425 e. The summed E-state index contributed by atoms with van der Waals surface area (Å²) in [5.74, 6) is -2.01. The predicted octanol–water partition coefficient (Wildman–Crippen LogP) is 1.23. The highest BCUT2D eigenvalue weighted by Crippen LogP contribution is 2.40. The molecular weight excluding hydrogens is 357 g/mol. The van der Waals surface area contributed by atoms with Crippen LogP contribution in [-0.2, 0) is 17.4 Å². The summed E-state index contributed by atoms with van der Waals surface area (Å²) >= 11 is 0. The number of furan rings is 1. The van der Waals surface area contributed by atoms with Crippen LogP contribution in [0.25, 0.3) is 0 Å². The highest BCUT2D eigenvalue weighted by molar-refractivity contribution is 5.96. The van der Waals surface area contributed by atoms with Crippen molar-refractivity contribution in [2.24, 2.45) is 7.05 Å². The number of nitrogens with zero attached hydrogens (tertiary/aromatic N) is 2. The number of carbonyl (C=O) groups is 2. The fourth-order valence-corrected chi connectivity index (χ4v) is 2.40. The van der Waals surface area contributed by atoms with Crippen LogP contribution in [-0.4, -0.2) is 32.6 Å². The fraction of sp³-hybridized carbons (Fsp3) is 0.400. The van der Waals surface area contributed by atoms with Gasteiger partial charge in [0.25, 0.3) is 5.91 Å². The summed E-state index contributed by atoms with van der Waals surface area (Å²) in [4.78, 5) is 27.3. The van der Waals surface area contributed by atoms with Gasteiger partial charge in [-0.25, -0.2) is 4.98 Å². The summed E-state index contributed by atoms with van der Waals surface area (Å²) in [7, 11) is 1.25. The first-order chi connectivity index (χ1) is 12.0. The standard InChI is InChI=1S/C15H17F3N4O4/c1-8-6-10(9(2)26-8)12(24)21-20-11(23)7-14(25,15(16,17)18)13-19-4-5-22(13)3/h4-6,25H,7H2,1-3H3,(H,20,23)(H,21,24). The Hall–Kier alpha value is -2.82. The van der Waals surface area contributed by atoms with Crippen molar-refractivity contribution >= 4 is 11.8 Å². The van der Waals surface area contributed by atoms with Gasteiger partial charge in [-0.2, -0.15) is 13.2 Å². The van der Waals surface area contributed by atoms with Gasteiger partial charge in [-0.15, -0.1) is 0 Å². The molecule has 0 saturated heterocycles. The van der Waals surface area contributed by atoms with E-state index in [0.717, 1.165) is 10.8 Å². The maximum absolute atomic E-state index is 13.3. The lowest BCUT2D eigenvalue weighted by Gasteiger charge is -2.29. The van der Waals surface area contributed by atoms with Crippen LogP contribution in [0.5, 0.6) is 0 Å². The van der Waals surface area contributed by atoms with Gasteiger partial charge in [0.1, 0.15) is 11.5 Å². The molecule has 0 aromatic carbocycles. The summed E-state index contributed by atoms with van der Waals surface area (Å²) in [5.41, 5.74) is 0.444. The summed E-state index contributed by atoms with van der Waals surface area (Å²) in [5, 5.41) is 10.1. The largest absolute Gasteiger partial charge is 0.466 e. The van der Waals surface area contributed by atoms with Crippen LogP contribution in [0.1, 0.15) is 34.1 Å². The molecule has 26 heavy (non-hydrogen) atoms. The number of carbonyl (C=O) groups excluding carboxylic acids is 2. The number of amides is 2. The number of hydrazine groups is 1. The third kappa shape index (κ3) is 3.72. The Morgan fingerprint density at radius 1 is 1.31 bits per heavy atom. The Bertz CT molecular complexity index is 827. The minimum atomic E-state index is -5.16. The number of rotatable bonds is 4. The van der Waals surface area contributed by atoms with Crippen LogP contribution in [0.15, 0.2) is 22.9 Å². The van der Waals surface area contributed by atoms with Gasteiger partial charge in [0.15, 0.2) is 5.82 Å². The van der Waals surface area contributed by atoms with E-state index >= 15 is 0 Å². The van der Waals surface area contributed by atoms with E-state index in [1.807, 2.05) is 10.9 Å². The van der Waals surface area contributed by atoms with Gasteiger partial charge in [0, 0.05) is 19.4 Å². The van der Waals surface area contributed by atoms with Crippen LogP contribution in [0.3, 0.4) is 0 Å². The number of aryl methyl sites for hydroxylation is 3. The third-order valence-electron chi connectivity index (χ3n) is 3.68. The van der Waals surface area contributed by atoms with E-state index in [1.165, 1.54) is 26.2 Å². The molecule has 2 amide bonds. The van der Waals surface area contributed by atoms with E-state index in [0.29, 0.717) is 5.76 Å². The molecule has 8 nitrogen and oxygen atoms in total. The van der Waals surface area contributed by atoms with Crippen molar-refractivity contribution in [3.63, 3.8) is 0 Å². The summed E-state index contributed by atoms with van der Waals surface area (Å²) in [6.07, 6.45) is -4.28. The number of nitrogens with one attached hydrogen (secondary N) is 2. The molecule has 2 aromatic heterocycles. The van der Waals surface area contributed by atoms with Gasteiger partial charge < -0.3 is 14.1 Å². The van der Waals surface area contributed by atoms with Gasteiger partial charge >= 0.3 is 6.18 Å². The lowest BCUT2D eigenvalue weighted by Crippen LogP contribution is -2.50. The van der Waals surface area contributed by atoms with Gasteiger partial charge in [0.2, 0.25) is 11.5 Å². The van der Waals surface area contributed by atoms with Crippen molar-refractivity contribution in [2.75, 3.05) is 0 Å². The number of halogens is 3. The molecule has 0 fully saturated rings. The molecule has 0 radical (unpaired) electrons. The zero-order chi connectivity index (χ0) is 19.7. The average molecular weight is 374 g/mol. The van der Waals surface area contributed by atoms with Gasteiger partial charge in [-0.05, 0) is 19.9 Å². The number of aliphatic hydroxyl groups is 1. The minimum absolute atomic E-state index is 0.123. The molecule has 2 aromatic rings. The summed E-state index contributed by atoms with van der Waals surface area (Å²) in [6, 6.07) is 1.41. The van der Waals surface area contributed by atoms with Crippen molar-refractivity contribution in [2.45, 2.75) is 32.0 Å². The summed E-state index contributed by atoms with van der Waals surface area (Å²) in [6.45, 7) is 3.13. The van der Waals surface area contributed by atoms with E-state index in [4.69, 9.17) is 4.42 Å². The van der Waals surface area contributed by atoms with E-state index in [1.54, 1.807) is 6.92 Å². The summed E-state index contributed by atoms with van der Waals surface area (Å²) < 4.78 is 46.1. The maximum atomic E-state index is 13.3. The topological polar surface area (TPSA) is 109 Å². The molecule has 0 aliphatic heterocycles. The Kier molecular flexibility index (Phi) is 5.12. The average Bonchev–Trinajstić information content (AvgIpc) is 3.09. The number of imidazole rings is 1.